The molecule has 1 saturated heterocycles. The average molecular weight is 229 g/mol. The molecule has 0 saturated carbocycles. The van der Waals surface area contributed by atoms with Gasteiger partial charge >= 0.3 is 0 Å². The lowest BCUT2D eigenvalue weighted by atomic mass is 9.82. The standard InChI is InChI=1S/C11H19NO2S/c1-10(2)6-11(7-12,9-15-8-10)14-5-3-4-13/h13H,3-6,8-9H2,1-2H3. The Kier molecular flexibility index (Phi) is 4.45. The molecule has 1 unspecified atom stereocenters. The summed E-state index contributed by atoms with van der Waals surface area (Å²) < 4.78 is 5.65. The molecule has 0 aromatic carbocycles. The second-order valence-electron chi connectivity index (χ2n) is 4.87. The van der Waals surface area contributed by atoms with Gasteiger partial charge in [0.15, 0.2) is 5.60 Å². The molecule has 1 fully saturated rings. The first kappa shape index (κ1) is 12.8. The predicted molar refractivity (Wildman–Crippen MR) is 61.7 cm³/mol. The summed E-state index contributed by atoms with van der Waals surface area (Å²) in [4.78, 5) is 0. The average Bonchev–Trinajstić information content (AvgIpc) is 2.17. The van der Waals surface area contributed by atoms with Gasteiger partial charge < -0.3 is 9.84 Å². The molecule has 1 rings (SSSR count). The largest absolute Gasteiger partial charge is 0.396 e. The maximum atomic E-state index is 9.22. The van der Waals surface area contributed by atoms with Crippen LogP contribution in [0.2, 0.25) is 0 Å². The van der Waals surface area contributed by atoms with Crippen molar-refractivity contribution in [1.82, 2.24) is 0 Å². The van der Waals surface area contributed by atoms with E-state index in [0.29, 0.717) is 13.0 Å². The van der Waals surface area contributed by atoms with E-state index in [9.17, 15) is 5.26 Å². The molecule has 4 heteroatoms. The quantitative estimate of drug-likeness (QED) is 0.747. The number of thioether (sulfide) groups is 1. The van der Waals surface area contributed by atoms with E-state index in [4.69, 9.17) is 9.84 Å². The Bertz CT molecular complexity index is 249. The lowest BCUT2D eigenvalue weighted by Crippen LogP contribution is -2.43. The summed E-state index contributed by atoms with van der Waals surface area (Å²) >= 11 is 1.78. The monoisotopic (exact) mass is 229 g/mol. The molecule has 0 aromatic rings. The fraction of sp³-hybridized carbons (Fsp3) is 0.909. The van der Waals surface area contributed by atoms with Crippen LogP contribution in [0.5, 0.6) is 0 Å². The Hall–Kier alpha value is -0.240. The lowest BCUT2D eigenvalue weighted by molar-refractivity contribution is -0.0197. The fourth-order valence-electron chi connectivity index (χ4n) is 1.90. The first-order valence-corrected chi connectivity index (χ1v) is 6.43. The van der Waals surface area contributed by atoms with Gasteiger partial charge in [0.2, 0.25) is 0 Å². The van der Waals surface area contributed by atoms with Gasteiger partial charge in [-0.15, -0.1) is 0 Å². The van der Waals surface area contributed by atoms with E-state index in [2.05, 4.69) is 19.9 Å². The number of hydrogen-bond acceptors (Lipinski definition) is 4. The molecule has 0 spiro atoms. The van der Waals surface area contributed by atoms with E-state index in [1.54, 1.807) is 11.8 Å². The minimum Gasteiger partial charge on any atom is -0.396 e. The fourth-order valence-corrected chi connectivity index (χ4v) is 3.23. The van der Waals surface area contributed by atoms with Crippen LogP contribution in [-0.2, 0) is 4.74 Å². The minimum atomic E-state index is -0.637. The second-order valence-corrected chi connectivity index (χ2v) is 5.85. The number of aliphatic hydroxyl groups is 1. The number of ether oxygens (including phenoxy) is 1. The van der Waals surface area contributed by atoms with Crippen molar-refractivity contribution in [2.75, 3.05) is 24.7 Å². The smallest absolute Gasteiger partial charge is 0.163 e. The maximum absolute atomic E-state index is 9.22. The molecule has 0 aromatic heterocycles. The van der Waals surface area contributed by atoms with Crippen LogP contribution in [0, 0.1) is 16.7 Å². The van der Waals surface area contributed by atoms with Crippen molar-refractivity contribution >= 4 is 11.8 Å². The normalized spacial score (nSPS) is 29.7. The molecule has 3 nitrogen and oxygen atoms in total. The van der Waals surface area contributed by atoms with Crippen LogP contribution in [0.3, 0.4) is 0 Å². The van der Waals surface area contributed by atoms with Crippen LogP contribution in [0.25, 0.3) is 0 Å². The van der Waals surface area contributed by atoms with Gasteiger partial charge in [-0.3, -0.25) is 0 Å². The van der Waals surface area contributed by atoms with Crippen LogP contribution in [0.4, 0.5) is 0 Å². The highest BCUT2D eigenvalue weighted by molar-refractivity contribution is 7.99. The van der Waals surface area contributed by atoms with Gasteiger partial charge in [0.25, 0.3) is 0 Å². The van der Waals surface area contributed by atoms with Gasteiger partial charge in [-0.25, -0.2) is 0 Å². The summed E-state index contributed by atoms with van der Waals surface area (Å²) in [6, 6.07) is 2.31. The molecule has 15 heavy (non-hydrogen) atoms. The minimum absolute atomic E-state index is 0.123. The van der Waals surface area contributed by atoms with Crippen LogP contribution in [0.1, 0.15) is 26.7 Å². The lowest BCUT2D eigenvalue weighted by Gasteiger charge is -2.39. The maximum Gasteiger partial charge on any atom is 0.163 e. The van der Waals surface area contributed by atoms with Crippen molar-refractivity contribution in [3.63, 3.8) is 0 Å². The molecule has 0 bridgehead atoms. The summed E-state index contributed by atoms with van der Waals surface area (Å²) in [6.45, 7) is 4.93. The zero-order valence-corrected chi connectivity index (χ0v) is 10.3. The Balaban J connectivity index is 2.56. The zero-order valence-electron chi connectivity index (χ0n) is 9.45. The first-order chi connectivity index (χ1) is 7.04. The zero-order chi connectivity index (χ0) is 11.4. The van der Waals surface area contributed by atoms with E-state index in [1.165, 1.54) is 0 Å². The van der Waals surface area contributed by atoms with Gasteiger partial charge in [-0.2, -0.15) is 17.0 Å². The van der Waals surface area contributed by atoms with E-state index in [-0.39, 0.29) is 12.0 Å². The van der Waals surface area contributed by atoms with Gasteiger partial charge in [-0.1, -0.05) is 13.8 Å². The van der Waals surface area contributed by atoms with Gasteiger partial charge in [0.1, 0.15) is 0 Å². The summed E-state index contributed by atoms with van der Waals surface area (Å²) in [7, 11) is 0. The van der Waals surface area contributed by atoms with Crippen molar-refractivity contribution in [2.45, 2.75) is 32.3 Å². The third-order valence-electron chi connectivity index (χ3n) is 2.48. The van der Waals surface area contributed by atoms with Crippen molar-refractivity contribution in [1.29, 1.82) is 5.26 Å². The molecule has 86 valence electrons. The summed E-state index contributed by atoms with van der Waals surface area (Å²) in [5.41, 5.74) is -0.473. The number of nitrogens with zero attached hydrogens (tertiary/aromatic N) is 1. The molecular weight excluding hydrogens is 210 g/mol. The number of rotatable bonds is 4. The number of hydrogen-bond donors (Lipinski definition) is 1. The van der Waals surface area contributed by atoms with E-state index >= 15 is 0 Å². The molecule has 0 aliphatic carbocycles. The van der Waals surface area contributed by atoms with Crippen LogP contribution >= 0.6 is 11.8 Å². The van der Waals surface area contributed by atoms with E-state index in [0.717, 1.165) is 17.9 Å². The molecule has 0 amide bonds. The molecule has 1 atom stereocenters. The van der Waals surface area contributed by atoms with Crippen molar-refractivity contribution in [2.24, 2.45) is 5.41 Å². The first-order valence-electron chi connectivity index (χ1n) is 5.27. The van der Waals surface area contributed by atoms with Crippen molar-refractivity contribution in [3.05, 3.63) is 0 Å². The highest BCUT2D eigenvalue weighted by Gasteiger charge is 2.41. The van der Waals surface area contributed by atoms with Gasteiger partial charge in [0, 0.05) is 12.4 Å². The van der Waals surface area contributed by atoms with Crippen LogP contribution in [0.15, 0.2) is 0 Å². The topological polar surface area (TPSA) is 53.2 Å². The predicted octanol–water partition coefficient (Wildman–Crippen LogP) is 1.81. The Morgan fingerprint density at radius 1 is 1.47 bits per heavy atom. The highest BCUT2D eigenvalue weighted by atomic mass is 32.2. The number of nitriles is 1. The second kappa shape index (κ2) is 5.20. The highest BCUT2D eigenvalue weighted by Crippen LogP contribution is 2.40. The van der Waals surface area contributed by atoms with Gasteiger partial charge in [-0.05, 0) is 24.0 Å². The Morgan fingerprint density at radius 2 is 2.20 bits per heavy atom. The summed E-state index contributed by atoms with van der Waals surface area (Å²) in [5, 5.41) is 17.9. The van der Waals surface area contributed by atoms with Gasteiger partial charge in [0.05, 0.1) is 12.7 Å². The third-order valence-corrected chi connectivity index (χ3v) is 4.13. The van der Waals surface area contributed by atoms with Crippen LogP contribution < -0.4 is 0 Å². The van der Waals surface area contributed by atoms with Crippen LogP contribution in [-0.4, -0.2) is 35.4 Å². The molecule has 1 aliphatic heterocycles. The molecule has 1 N–H and O–H groups in total. The summed E-state index contributed by atoms with van der Waals surface area (Å²) in [6.07, 6.45) is 1.39. The van der Waals surface area contributed by atoms with Crippen molar-refractivity contribution < 1.29 is 9.84 Å². The molecule has 1 aliphatic rings. The summed E-state index contributed by atoms with van der Waals surface area (Å²) in [5.74, 6) is 1.83. The van der Waals surface area contributed by atoms with E-state index in [1.807, 2.05) is 0 Å². The SMILES string of the molecule is CC1(C)CSCC(C#N)(OCCCO)C1. The van der Waals surface area contributed by atoms with Crippen molar-refractivity contribution in [3.8, 4) is 6.07 Å². The molecule has 0 radical (unpaired) electrons. The molecule has 1 heterocycles. The molecular formula is C11H19NO2S. The Labute approximate surface area is 95.8 Å². The van der Waals surface area contributed by atoms with E-state index < -0.39 is 5.60 Å². The Morgan fingerprint density at radius 3 is 2.73 bits per heavy atom. The third kappa shape index (κ3) is 3.67. The number of aliphatic hydroxyl groups excluding tert-OH is 1.